The number of aromatic nitrogens is 2. The highest BCUT2D eigenvalue weighted by atomic mass is 32.1. The molecule has 0 saturated carbocycles. The van der Waals surface area contributed by atoms with Crippen molar-refractivity contribution >= 4 is 11.3 Å². The van der Waals surface area contributed by atoms with Crippen molar-refractivity contribution in [2.45, 2.75) is 13.5 Å². The second kappa shape index (κ2) is 5.81. The second-order valence-electron chi connectivity index (χ2n) is 4.69. The number of piperazine rings is 1. The van der Waals surface area contributed by atoms with Crippen LogP contribution < -0.4 is 0 Å². The summed E-state index contributed by atoms with van der Waals surface area (Å²) < 4.78 is 5.72. The smallest absolute Gasteiger partial charge is 0.257 e. The van der Waals surface area contributed by atoms with Crippen molar-refractivity contribution in [3.8, 4) is 10.8 Å². The summed E-state index contributed by atoms with van der Waals surface area (Å²) in [7, 11) is 0. The van der Waals surface area contributed by atoms with E-state index in [-0.39, 0.29) is 0 Å². The highest BCUT2D eigenvalue weighted by Gasteiger charge is 2.18. The molecule has 0 N–H and O–H groups in total. The molecule has 0 radical (unpaired) electrons. The highest BCUT2D eigenvalue weighted by molar-refractivity contribution is 7.13. The Kier molecular flexibility index (Phi) is 3.91. The monoisotopic (exact) mass is 278 g/mol. The molecule has 2 aromatic heterocycles. The minimum atomic E-state index is 0.636. The average molecular weight is 278 g/mol. The maximum atomic E-state index is 5.72. The zero-order valence-corrected chi connectivity index (χ0v) is 11.9. The van der Waals surface area contributed by atoms with Crippen molar-refractivity contribution in [2.75, 3.05) is 32.7 Å². The fraction of sp³-hybridized carbons (Fsp3) is 0.538. The SMILES string of the molecule is CCN1CCN(Cc2nnc(-c3cccs3)o2)CC1. The molecular weight excluding hydrogens is 260 g/mol. The van der Waals surface area contributed by atoms with Crippen molar-refractivity contribution in [3.05, 3.63) is 23.4 Å². The van der Waals surface area contributed by atoms with Crippen LogP contribution in [0.4, 0.5) is 0 Å². The predicted octanol–water partition coefficient (Wildman–Crippen LogP) is 1.94. The summed E-state index contributed by atoms with van der Waals surface area (Å²) in [6.07, 6.45) is 0. The molecule has 3 heterocycles. The Morgan fingerprint density at radius 2 is 2.00 bits per heavy atom. The van der Waals surface area contributed by atoms with E-state index in [1.165, 1.54) is 0 Å². The van der Waals surface area contributed by atoms with Crippen molar-refractivity contribution in [1.82, 2.24) is 20.0 Å². The molecule has 1 aliphatic heterocycles. The first-order valence-corrected chi connectivity index (χ1v) is 7.54. The lowest BCUT2D eigenvalue weighted by molar-refractivity contribution is 0.124. The van der Waals surface area contributed by atoms with E-state index >= 15 is 0 Å². The minimum absolute atomic E-state index is 0.636. The summed E-state index contributed by atoms with van der Waals surface area (Å²) in [5.74, 6) is 1.35. The molecule has 6 heteroatoms. The van der Waals surface area contributed by atoms with E-state index in [0.29, 0.717) is 11.8 Å². The van der Waals surface area contributed by atoms with Gasteiger partial charge in [0.2, 0.25) is 5.89 Å². The Morgan fingerprint density at radius 1 is 1.21 bits per heavy atom. The van der Waals surface area contributed by atoms with Crippen LogP contribution in [0, 0.1) is 0 Å². The largest absolute Gasteiger partial charge is 0.419 e. The van der Waals surface area contributed by atoms with Gasteiger partial charge < -0.3 is 9.32 Å². The quantitative estimate of drug-likeness (QED) is 0.855. The summed E-state index contributed by atoms with van der Waals surface area (Å²) >= 11 is 1.62. The van der Waals surface area contributed by atoms with Gasteiger partial charge in [0.1, 0.15) is 0 Å². The molecule has 5 nitrogen and oxygen atoms in total. The van der Waals surface area contributed by atoms with Crippen molar-refractivity contribution in [3.63, 3.8) is 0 Å². The number of likely N-dealkylation sites (N-methyl/N-ethyl adjacent to an activating group) is 1. The molecule has 3 rings (SSSR count). The molecule has 2 aromatic rings. The maximum Gasteiger partial charge on any atom is 0.257 e. The normalized spacial score (nSPS) is 17.9. The van der Waals surface area contributed by atoms with Crippen LogP contribution in [0.2, 0.25) is 0 Å². The van der Waals surface area contributed by atoms with Gasteiger partial charge in [0, 0.05) is 26.2 Å². The van der Waals surface area contributed by atoms with Crippen LogP contribution in [0.3, 0.4) is 0 Å². The number of thiophene rings is 1. The summed E-state index contributed by atoms with van der Waals surface area (Å²) in [6.45, 7) is 8.51. The summed E-state index contributed by atoms with van der Waals surface area (Å²) in [5.41, 5.74) is 0. The molecule has 0 spiro atoms. The first-order valence-electron chi connectivity index (χ1n) is 6.66. The molecular formula is C13H18N4OS. The van der Waals surface area contributed by atoms with Gasteiger partial charge in [-0.05, 0) is 18.0 Å². The molecule has 1 aliphatic rings. The Balaban J connectivity index is 1.59. The zero-order chi connectivity index (χ0) is 13.1. The van der Waals surface area contributed by atoms with Crippen molar-refractivity contribution in [2.24, 2.45) is 0 Å². The Hall–Kier alpha value is -1.24. The molecule has 102 valence electrons. The molecule has 19 heavy (non-hydrogen) atoms. The second-order valence-corrected chi connectivity index (χ2v) is 5.64. The topological polar surface area (TPSA) is 45.4 Å². The molecule has 0 unspecified atom stereocenters. The van der Waals surface area contributed by atoms with E-state index in [1.807, 2.05) is 17.5 Å². The average Bonchev–Trinajstić information content (AvgIpc) is 3.10. The lowest BCUT2D eigenvalue weighted by Gasteiger charge is -2.33. The lowest BCUT2D eigenvalue weighted by atomic mass is 10.3. The van der Waals surface area contributed by atoms with Crippen molar-refractivity contribution < 1.29 is 4.42 Å². The molecule has 1 saturated heterocycles. The third-order valence-electron chi connectivity index (χ3n) is 3.47. The Labute approximate surface area is 116 Å². The van der Waals surface area contributed by atoms with Crippen LogP contribution >= 0.6 is 11.3 Å². The van der Waals surface area contributed by atoms with Gasteiger partial charge in [0.15, 0.2) is 0 Å². The van der Waals surface area contributed by atoms with Crippen LogP contribution in [0.5, 0.6) is 0 Å². The van der Waals surface area contributed by atoms with E-state index in [0.717, 1.165) is 44.1 Å². The van der Waals surface area contributed by atoms with Crippen LogP contribution in [0.25, 0.3) is 10.8 Å². The van der Waals surface area contributed by atoms with Crippen LogP contribution in [0.1, 0.15) is 12.8 Å². The minimum Gasteiger partial charge on any atom is -0.419 e. The lowest BCUT2D eigenvalue weighted by Crippen LogP contribution is -2.45. The number of hydrogen-bond acceptors (Lipinski definition) is 6. The van der Waals surface area contributed by atoms with Crippen LogP contribution in [-0.4, -0.2) is 52.7 Å². The molecule has 0 atom stereocenters. The van der Waals surface area contributed by atoms with E-state index in [2.05, 4.69) is 26.9 Å². The number of hydrogen-bond donors (Lipinski definition) is 0. The Bertz CT molecular complexity index is 502. The van der Waals surface area contributed by atoms with Gasteiger partial charge in [-0.25, -0.2) is 0 Å². The summed E-state index contributed by atoms with van der Waals surface area (Å²) in [6, 6.07) is 4.00. The summed E-state index contributed by atoms with van der Waals surface area (Å²) in [4.78, 5) is 5.87. The third kappa shape index (κ3) is 3.02. The van der Waals surface area contributed by atoms with Gasteiger partial charge >= 0.3 is 0 Å². The molecule has 0 bridgehead atoms. The van der Waals surface area contributed by atoms with Gasteiger partial charge in [0.05, 0.1) is 11.4 Å². The van der Waals surface area contributed by atoms with E-state index in [9.17, 15) is 0 Å². The van der Waals surface area contributed by atoms with Gasteiger partial charge in [0.25, 0.3) is 5.89 Å². The van der Waals surface area contributed by atoms with Gasteiger partial charge in [-0.1, -0.05) is 13.0 Å². The highest BCUT2D eigenvalue weighted by Crippen LogP contribution is 2.23. The Morgan fingerprint density at radius 3 is 2.68 bits per heavy atom. The first kappa shape index (κ1) is 12.8. The van der Waals surface area contributed by atoms with Gasteiger partial charge in [-0.15, -0.1) is 21.5 Å². The number of rotatable bonds is 4. The summed E-state index contributed by atoms with van der Waals surface area (Å²) in [5, 5.41) is 10.3. The maximum absolute atomic E-state index is 5.72. The van der Waals surface area contributed by atoms with E-state index < -0.39 is 0 Å². The van der Waals surface area contributed by atoms with Crippen molar-refractivity contribution in [1.29, 1.82) is 0 Å². The number of nitrogens with zero attached hydrogens (tertiary/aromatic N) is 4. The van der Waals surface area contributed by atoms with Crippen LogP contribution in [0.15, 0.2) is 21.9 Å². The fourth-order valence-corrected chi connectivity index (χ4v) is 2.92. The first-order chi connectivity index (χ1) is 9.35. The van der Waals surface area contributed by atoms with E-state index in [4.69, 9.17) is 4.42 Å². The predicted molar refractivity (Wildman–Crippen MR) is 75.0 cm³/mol. The molecule has 1 fully saturated rings. The molecule has 0 amide bonds. The fourth-order valence-electron chi connectivity index (χ4n) is 2.27. The van der Waals surface area contributed by atoms with Crippen LogP contribution in [-0.2, 0) is 6.54 Å². The molecule has 0 aromatic carbocycles. The van der Waals surface area contributed by atoms with Gasteiger partial charge in [-0.3, -0.25) is 4.90 Å². The zero-order valence-electron chi connectivity index (χ0n) is 11.1. The van der Waals surface area contributed by atoms with E-state index in [1.54, 1.807) is 11.3 Å². The molecule has 0 aliphatic carbocycles. The van der Waals surface area contributed by atoms with Gasteiger partial charge in [-0.2, -0.15) is 0 Å². The third-order valence-corrected chi connectivity index (χ3v) is 4.33. The standard InChI is InChI=1S/C13H18N4OS/c1-2-16-5-7-17(8-6-16)10-12-14-15-13(18-12)11-4-3-9-19-11/h3-4,9H,2,5-8,10H2,1H3.